The van der Waals surface area contributed by atoms with Gasteiger partial charge in [-0.15, -0.1) is 0 Å². The van der Waals surface area contributed by atoms with Gasteiger partial charge in [0, 0.05) is 6.54 Å². The highest BCUT2D eigenvalue weighted by atomic mass is 16.3. The van der Waals surface area contributed by atoms with E-state index in [1.165, 1.54) is 77.0 Å². The Labute approximate surface area is 152 Å². The van der Waals surface area contributed by atoms with Gasteiger partial charge in [-0.05, 0) is 40.0 Å². The molecular formula is C21H46N2O. The second-order valence-electron chi connectivity index (χ2n) is 7.69. The maximum atomic E-state index is 9.95. The predicted octanol–water partition coefficient (Wildman–Crippen LogP) is 4.98. The second-order valence-corrected chi connectivity index (χ2v) is 7.69. The molecule has 0 heterocycles. The van der Waals surface area contributed by atoms with Crippen molar-refractivity contribution < 1.29 is 5.11 Å². The van der Waals surface area contributed by atoms with Gasteiger partial charge in [0.1, 0.15) is 0 Å². The Morgan fingerprint density at radius 3 is 1.75 bits per heavy atom. The van der Waals surface area contributed by atoms with E-state index in [0.29, 0.717) is 0 Å². The number of unbranched alkanes of at least 4 members (excludes halogenated alkanes) is 11. The normalized spacial score (nSPS) is 12.9. The summed E-state index contributed by atoms with van der Waals surface area (Å²) in [5, 5.41) is 13.3. The minimum absolute atomic E-state index is 0.160. The van der Waals surface area contributed by atoms with Crippen LogP contribution in [0.25, 0.3) is 0 Å². The molecule has 0 bridgehead atoms. The van der Waals surface area contributed by atoms with E-state index in [-0.39, 0.29) is 6.10 Å². The van der Waals surface area contributed by atoms with Crippen LogP contribution < -0.4 is 5.32 Å². The molecule has 0 aromatic heterocycles. The highest BCUT2D eigenvalue weighted by Crippen LogP contribution is 2.12. The number of hydrogen-bond acceptors (Lipinski definition) is 3. The lowest BCUT2D eigenvalue weighted by Gasteiger charge is -2.13. The molecular weight excluding hydrogens is 296 g/mol. The van der Waals surface area contributed by atoms with Crippen LogP contribution >= 0.6 is 0 Å². The first-order valence-electron chi connectivity index (χ1n) is 10.7. The average molecular weight is 343 g/mol. The van der Waals surface area contributed by atoms with Crippen LogP contribution in [0.3, 0.4) is 0 Å². The minimum Gasteiger partial charge on any atom is -0.392 e. The van der Waals surface area contributed by atoms with Gasteiger partial charge < -0.3 is 15.3 Å². The zero-order chi connectivity index (χ0) is 17.9. The molecule has 24 heavy (non-hydrogen) atoms. The lowest BCUT2D eigenvalue weighted by Crippen LogP contribution is -2.29. The lowest BCUT2D eigenvalue weighted by molar-refractivity contribution is 0.157. The van der Waals surface area contributed by atoms with Crippen molar-refractivity contribution in [1.82, 2.24) is 10.2 Å². The molecule has 0 saturated heterocycles. The lowest BCUT2D eigenvalue weighted by atomic mass is 10.0. The van der Waals surface area contributed by atoms with E-state index in [4.69, 9.17) is 0 Å². The average Bonchev–Trinajstić information content (AvgIpc) is 2.55. The van der Waals surface area contributed by atoms with Crippen LogP contribution in [0.4, 0.5) is 0 Å². The molecule has 0 aromatic carbocycles. The number of hydrogen-bond donors (Lipinski definition) is 2. The van der Waals surface area contributed by atoms with Gasteiger partial charge in [0.05, 0.1) is 6.10 Å². The molecule has 3 nitrogen and oxygen atoms in total. The van der Waals surface area contributed by atoms with E-state index in [1.54, 1.807) is 0 Å². The van der Waals surface area contributed by atoms with E-state index >= 15 is 0 Å². The fourth-order valence-electron chi connectivity index (χ4n) is 3.11. The van der Waals surface area contributed by atoms with Gasteiger partial charge in [0.2, 0.25) is 0 Å². The van der Waals surface area contributed by atoms with Gasteiger partial charge in [-0.2, -0.15) is 0 Å². The van der Waals surface area contributed by atoms with Crippen molar-refractivity contribution in [1.29, 1.82) is 0 Å². The summed E-state index contributed by atoms with van der Waals surface area (Å²) in [6, 6.07) is 0. The van der Waals surface area contributed by atoms with Gasteiger partial charge in [0.25, 0.3) is 0 Å². The van der Waals surface area contributed by atoms with Crippen molar-refractivity contribution in [2.45, 2.75) is 103 Å². The molecule has 2 N–H and O–H groups in total. The molecule has 0 fully saturated rings. The first kappa shape index (κ1) is 23.9. The third kappa shape index (κ3) is 19.9. The summed E-state index contributed by atoms with van der Waals surface area (Å²) in [5.41, 5.74) is 0. The molecule has 0 aliphatic carbocycles. The number of rotatable bonds is 19. The molecule has 0 rings (SSSR count). The number of nitrogens with zero attached hydrogens (tertiary/aromatic N) is 1. The minimum atomic E-state index is -0.160. The maximum Gasteiger partial charge on any atom is 0.0664 e. The Bertz CT molecular complexity index is 234. The van der Waals surface area contributed by atoms with Crippen LogP contribution in [0.1, 0.15) is 96.8 Å². The summed E-state index contributed by atoms with van der Waals surface area (Å²) in [6.07, 6.45) is 18.5. The number of aliphatic hydroxyl groups is 1. The van der Waals surface area contributed by atoms with E-state index in [1.807, 2.05) is 0 Å². The van der Waals surface area contributed by atoms with Crippen molar-refractivity contribution in [3.8, 4) is 0 Å². The maximum absolute atomic E-state index is 9.95. The van der Waals surface area contributed by atoms with Crippen LogP contribution in [0, 0.1) is 0 Å². The molecule has 1 unspecified atom stereocenters. The summed E-state index contributed by atoms with van der Waals surface area (Å²) in [4.78, 5) is 2.20. The molecule has 0 aromatic rings. The van der Waals surface area contributed by atoms with Crippen molar-refractivity contribution in [2.75, 3.05) is 33.7 Å². The number of aliphatic hydroxyl groups excluding tert-OH is 1. The van der Waals surface area contributed by atoms with E-state index < -0.39 is 0 Å². The van der Waals surface area contributed by atoms with Crippen LogP contribution in [0.15, 0.2) is 0 Å². The molecule has 146 valence electrons. The fraction of sp³-hybridized carbons (Fsp3) is 1.00. The molecule has 1 atom stereocenters. The molecule has 0 spiro atoms. The molecule has 0 amide bonds. The zero-order valence-corrected chi connectivity index (χ0v) is 17.0. The molecule has 0 saturated carbocycles. The van der Waals surface area contributed by atoms with Crippen LogP contribution in [-0.4, -0.2) is 49.8 Å². The third-order valence-corrected chi connectivity index (χ3v) is 4.73. The molecule has 0 radical (unpaired) electrons. The Kier molecular flexibility index (Phi) is 19.1. The summed E-state index contributed by atoms with van der Waals surface area (Å²) in [5.74, 6) is 0. The molecule has 3 heteroatoms. The van der Waals surface area contributed by atoms with Crippen molar-refractivity contribution >= 4 is 0 Å². The van der Waals surface area contributed by atoms with E-state index in [2.05, 4.69) is 31.2 Å². The Hall–Kier alpha value is -0.120. The summed E-state index contributed by atoms with van der Waals surface area (Å²) < 4.78 is 0. The van der Waals surface area contributed by atoms with E-state index in [0.717, 1.165) is 32.5 Å². The van der Waals surface area contributed by atoms with Crippen molar-refractivity contribution in [2.24, 2.45) is 0 Å². The Balaban J connectivity index is 3.12. The van der Waals surface area contributed by atoms with Gasteiger partial charge in [-0.1, -0.05) is 84.0 Å². The SMILES string of the molecule is CCCCCCCCCCCCCCC(O)CNCCCN(C)C. The van der Waals surface area contributed by atoms with Gasteiger partial charge in [-0.25, -0.2) is 0 Å². The van der Waals surface area contributed by atoms with E-state index in [9.17, 15) is 5.11 Å². The quantitative estimate of drug-likeness (QED) is 0.325. The first-order valence-corrected chi connectivity index (χ1v) is 10.7. The summed E-state index contributed by atoms with van der Waals surface area (Å²) in [7, 11) is 4.20. The first-order chi connectivity index (χ1) is 11.7. The van der Waals surface area contributed by atoms with Gasteiger partial charge in [-0.3, -0.25) is 0 Å². The van der Waals surface area contributed by atoms with Crippen molar-refractivity contribution in [3.63, 3.8) is 0 Å². The standard InChI is InChI=1S/C21H46N2O/c1-4-5-6-7-8-9-10-11-12-13-14-15-17-21(24)20-22-18-16-19-23(2)3/h21-22,24H,4-20H2,1-3H3. The predicted molar refractivity (Wildman–Crippen MR) is 108 cm³/mol. The highest BCUT2D eigenvalue weighted by Gasteiger charge is 2.03. The Morgan fingerprint density at radius 2 is 1.25 bits per heavy atom. The van der Waals surface area contributed by atoms with Gasteiger partial charge in [0.15, 0.2) is 0 Å². The van der Waals surface area contributed by atoms with Crippen LogP contribution in [-0.2, 0) is 0 Å². The highest BCUT2D eigenvalue weighted by molar-refractivity contribution is 4.60. The fourth-order valence-corrected chi connectivity index (χ4v) is 3.11. The smallest absolute Gasteiger partial charge is 0.0664 e. The molecule has 0 aliphatic heterocycles. The topological polar surface area (TPSA) is 35.5 Å². The number of nitrogens with one attached hydrogen (secondary N) is 1. The third-order valence-electron chi connectivity index (χ3n) is 4.73. The summed E-state index contributed by atoms with van der Waals surface area (Å²) in [6.45, 7) is 5.16. The van der Waals surface area contributed by atoms with Crippen LogP contribution in [0.2, 0.25) is 0 Å². The zero-order valence-electron chi connectivity index (χ0n) is 17.0. The summed E-state index contributed by atoms with van der Waals surface area (Å²) >= 11 is 0. The largest absolute Gasteiger partial charge is 0.392 e. The second kappa shape index (κ2) is 19.2. The monoisotopic (exact) mass is 342 g/mol. The van der Waals surface area contributed by atoms with Crippen LogP contribution in [0.5, 0.6) is 0 Å². The molecule has 0 aliphatic rings. The van der Waals surface area contributed by atoms with Gasteiger partial charge >= 0.3 is 0 Å². The Morgan fingerprint density at radius 1 is 0.750 bits per heavy atom. The van der Waals surface area contributed by atoms with Crippen molar-refractivity contribution in [3.05, 3.63) is 0 Å².